The van der Waals surface area contributed by atoms with Crippen LogP contribution in [-0.2, 0) is 6.42 Å². The predicted molar refractivity (Wildman–Crippen MR) is 164 cm³/mol. The summed E-state index contributed by atoms with van der Waals surface area (Å²) in [6.45, 7) is 9.85. The number of piperidine rings is 1. The zero-order chi connectivity index (χ0) is 29.0. The van der Waals surface area contributed by atoms with Crippen molar-refractivity contribution in [2.45, 2.75) is 52.9 Å². The summed E-state index contributed by atoms with van der Waals surface area (Å²) in [6.07, 6.45) is 11.0. The SMILES string of the molecule is Cc1cc(NCC[C@@H]2C[C@@H]2C2CCN(c3ncc(Cl)cn3)CC2)ncc1CC(C)(C)CNC(=O)c1ccccc1O. The lowest BCUT2D eigenvalue weighted by Gasteiger charge is -2.32. The molecule has 1 saturated carbocycles. The largest absolute Gasteiger partial charge is 0.507 e. The lowest BCUT2D eigenvalue weighted by atomic mass is 9.85. The molecule has 3 N–H and O–H groups in total. The summed E-state index contributed by atoms with van der Waals surface area (Å²) in [5.41, 5.74) is 2.50. The van der Waals surface area contributed by atoms with Gasteiger partial charge >= 0.3 is 0 Å². The molecule has 8 nitrogen and oxygen atoms in total. The van der Waals surface area contributed by atoms with Gasteiger partial charge in [0.05, 0.1) is 23.0 Å². The van der Waals surface area contributed by atoms with E-state index in [4.69, 9.17) is 11.6 Å². The number of carbonyl (C=O) groups is 1. The molecule has 2 fully saturated rings. The highest BCUT2D eigenvalue weighted by molar-refractivity contribution is 6.30. The second-order valence-electron chi connectivity index (χ2n) is 12.4. The molecule has 1 aliphatic heterocycles. The van der Waals surface area contributed by atoms with Crippen LogP contribution in [0.5, 0.6) is 5.75 Å². The van der Waals surface area contributed by atoms with Gasteiger partial charge in [-0.15, -0.1) is 0 Å². The number of rotatable bonds is 11. The van der Waals surface area contributed by atoms with E-state index in [-0.39, 0.29) is 17.1 Å². The number of aryl methyl sites for hydroxylation is 1. The standard InChI is InChI=1S/C32H41ClN6O2/c1-21-14-29(35-17-24(21)16-32(2,3)20-38-30(41)26-6-4-5-7-28(26)40)34-11-8-23-15-27(23)22-9-12-39(13-10-22)31-36-18-25(33)19-37-31/h4-7,14,17-19,22-23,27,40H,8-13,15-16,20H2,1-3H3,(H,34,35)(H,38,41)/t23-,27-/m1/s1. The van der Waals surface area contributed by atoms with Crippen LogP contribution in [-0.4, -0.2) is 52.1 Å². The van der Waals surface area contributed by atoms with Gasteiger partial charge in [-0.1, -0.05) is 37.6 Å². The first kappa shape index (κ1) is 29.1. The number of phenolic OH excluding ortho intramolecular Hbond substituents is 1. The number of benzene rings is 1. The van der Waals surface area contributed by atoms with Crippen molar-refractivity contribution in [1.29, 1.82) is 0 Å². The Morgan fingerprint density at radius 3 is 2.56 bits per heavy atom. The molecule has 0 spiro atoms. The van der Waals surface area contributed by atoms with Crippen LogP contribution in [0.4, 0.5) is 11.8 Å². The Labute approximate surface area is 248 Å². The minimum absolute atomic E-state index is 0.00533. The molecule has 1 aliphatic carbocycles. The molecule has 0 radical (unpaired) electrons. The van der Waals surface area contributed by atoms with Gasteiger partial charge in [0.25, 0.3) is 5.91 Å². The molecule has 218 valence electrons. The van der Waals surface area contributed by atoms with Crippen molar-refractivity contribution in [2.24, 2.45) is 23.2 Å². The number of nitrogens with one attached hydrogen (secondary N) is 2. The van der Waals surface area contributed by atoms with Crippen molar-refractivity contribution in [3.63, 3.8) is 0 Å². The summed E-state index contributed by atoms with van der Waals surface area (Å²) in [5, 5.41) is 17.0. The Kier molecular flexibility index (Phi) is 8.97. The van der Waals surface area contributed by atoms with Crippen LogP contribution in [0, 0.1) is 30.1 Å². The van der Waals surface area contributed by atoms with Gasteiger partial charge in [0, 0.05) is 32.4 Å². The highest BCUT2D eigenvalue weighted by Crippen LogP contribution is 2.49. The molecule has 2 atom stereocenters. The Morgan fingerprint density at radius 2 is 1.85 bits per heavy atom. The average molecular weight is 577 g/mol. The molecule has 9 heteroatoms. The molecule has 0 bridgehead atoms. The number of aromatic nitrogens is 3. The maximum Gasteiger partial charge on any atom is 0.255 e. The third-order valence-electron chi connectivity index (χ3n) is 8.60. The molecule has 41 heavy (non-hydrogen) atoms. The van der Waals surface area contributed by atoms with E-state index in [2.05, 4.69) is 57.3 Å². The second-order valence-corrected chi connectivity index (χ2v) is 12.9. The normalized spacial score (nSPS) is 19.2. The Balaban J connectivity index is 1.02. The zero-order valence-corrected chi connectivity index (χ0v) is 25.0. The first-order valence-corrected chi connectivity index (χ1v) is 15.0. The number of para-hydroxylation sites is 1. The molecule has 1 amide bonds. The summed E-state index contributed by atoms with van der Waals surface area (Å²) in [6, 6.07) is 8.74. The van der Waals surface area contributed by atoms with Gasteiger partial charge in [-0.25, -0.2) is 15.0 Å². The first-order chi connectivity index (χ1) is 19.7. The van der Waals surface area contributed by atoms with E-state index < -0.39 is 0 Å². The number of amides is 1. The van der Waals surface area contributed by atoms with E-state index in [1.165, 1.54) is 42.9 Å². The lowest BCUT2D eigenvalue weighted by molar-refractivity contribution is 0.0933. The van der Waals surface area contributed by atoms with Crippen molar-refractivity contribution < 1.29 is 9.90 Å². The third-order valence-corrected chi connectivity index (χ3v) is 8.79. The van der Waals surface area contributed by atoms with Crippen LogP contribution in [0.15, 0.2) is 48.9 Å². The smallest absolute Gasteiger partial charge is 0.255 e. The van der Waals surface area contributed by atoms with Gasteiger partial charge in [0.1, 0.15) is 11.6 Å². The third kappa shape index (κ3) is 7.67. The van der Waals surface area contributed by atoms with E-state index in [1.807, 2.05) is 6.20 Å². The summed E-state index contributed by atoms with van der Waals surface area (Å²) in [7, 11) is 0. The highest BCUT2D eigenvalue weighted by Gasteiger charge is 2.43. The van der Waals surface area contributed by atoms with Crippen LogP contribution in [0.2, 0.25) is 5.02 Å². The maximum atomic E-state index is 12.5. The second kappa shape index (κ2) is 12.6. The number of carbonyl (C=O) groups excluding carboxylic acids is 1. The van der Waals surface area contributed by atoms with Crippen molar-refractivity contribution in [3.8, 4) is 5.75 Å². The molecule has 2 aromatic heterocycles. The predicted octanol–water partition coefficient (Wildman–Crippen LogP) is 5.89. The van der Waals surface area contributed by atoms with Gasteiger partial charge in [0.15, 0.2) is 0 Å². The molecule has 1 aromatic carbocycles. The van der Waals surface area contributed by atoms with E-state index >= 15 is 0 Å². The summed E-state index contributed by atoms with van der Waals surface area (Å²) in [4.78, 5) is 28.2. The lowest BCUT2D eigenvalue weighted by Crippen LogP contribution is -2.35. The molecule has 0 unspecified atom stereocenters. The van der Waals surface area contributed by atoms with Crippen molar-refractivity contribution in [3.05, 3.63) is 70.6 Å². The molecular formula is C32H41ClN6O2. The average Bonchev–Trinajstić information content (AvgIpc) is 3.73. The number of hydrogen-bond acceptors (Lipinski definition) is 7. The van der Waals surface area contributed by atoms with Crippen LogP contribution in [0.3, 0.4) is 0 Å². The van der Waals surface area contributed by atoms with E-state index in [9.17, 15) is 9.90 Å². The summed E-state index contributed by atoms with van der Waals surface area (Å²) < 4.78 is 0. The quantitative estimate of drug-likeness (QED) is 0.261. The van der Waals surface area contributed by atoms with Gasteiger partial charge in [-0.2, -0.15) is 0 Å². The monoisotopic (exact) mass is 576 g/mol. The van der Waals surface area contributed by atoms with Crippen LogP contribution >= 0.6 is 11.6 Å². The maximum absolute atomic E-state index is 12.5. The number of hydrogen-bond donors (Lipinski definition) is 3. The summed E-state index contributed by atoms with van der Waals surface area (Å²) >= 11 is 5.93. The number of pyridine rings is 1. The number of halogens is 1. The molecule has 3 heterocycles. The molecule has 2 aliphatic rings. The fourth-order valence-electron chi connectivity index (χ4n) is 6.09. The molecular weight excluding hydrogens is 536 g/mol. The number of phenols is 1. The number of anilines is 2. The van der Waals surface area contributed by atoms with Crippen molar-refractivity contribution >= 4 is 29.3 Å². The van der Waals surface area contributed by atoms with Crippen LogP contribution < -0.4 is 15.5 Å². The first-order valence-electron chi connectivity index (χ1n) is 14.7. The number of nitrogens with zero attached hydrogens (tertiary/aromatic N) is 4. The fourth-order valence-corrected chi connectivity index (χ4v) is 6.18. The Hall–Kier alpha value is -3.39. The minimum atomic E-state index is -0.263. The van der Waals surface area contributed by atoms with E-state index in [0.29, 0.717) is 17.1 Å². The highest BCUT2D eigenvalue weighted by atomic mass is 35.5. The Morgan fingerprint density at radius 1 is 1.12 bits per heavy atom. The van der Waals surface area contributed by atoms with Crippen molar-refractivity contribution in [1.82, 2.24) is 20.3 Å². The van der Waals surface area contributed by atoms with Gasteiger partial charge in [-0.3, -0.25) is 4.79 Å². The van der Waals surface area contributed by atoms with Crippen LogP contribution in [0.1, 0.15) is 61.0 Å². The molecule has 1 saturated heterocycles. The minimum Gasteiger partial charge on any atom is -0.507 e. The van der Waals surface area contributed by atoms with Gasteiger partial charge in [0.2, 0.25) is 5.95 Å². The molecule has 3 aromatic rings. The van der Waals surface area contributed by atoms with E-state index in [0.717, 1.165) is 55.6 Å². The number of aromatic hydroxyl groups is 1. The van der Waals surface area contributed by atoms with Crippen molar-refractivity contribution in [2.75, 3.05) is 36.4 Å². The topological polar surface area (TPSA) is 103 Å². The zero-order valence-electron chi connectivity index (χ0n) is 24.2. The molecule has 5 rings (SSSR count). The Bertz CT molecular complexity index is 1340. The van der Waals surface area contributed by atoms with Gasteiger partial charge in [-0.05, 0) is 91.5 Å². The van der Waals surface area contributed by atoms with E-state index in [1.54, 1.807) is 30.6 Å². The van der Waals surface area contributed by atoms with Gasteiger partial charge < -0.3 is 20.6 Å². The summed E-state index contributed by atoms with van der Waals surface area (Å²) in [5.74, 6) is 3.89. The van der Waals surface area contributed by atoms with Crippen LogP contribution in [0.25, 0.3) is 0 Å². The fraction of sp³-hybridized carbons (Fsp3) is 0.500.